The van der Waals surface area contributed by atoms with Crippen LogP contribution in [0, 0.1) is 0 Å². The van der Waals surface area contributed by atoms with Gasteiger partial charge in [-0.2, -0.15) is 9.97 Å². The van der Waals surface area contributed by atoms with Gasteiger partial charge in [0, 0.05) is 20.1 Å². The largest absolute Gasteiger partial charge is 0.497 e. The van der Waals surface area contributed by atoms with Crippen molar-refractivity contribution in [3.05, 3.63) is 72.1 Å². The molecule has 2 N–H and O–H groups in total. The molecule has 0 amide bonds. The molecule has 0 saturated carbocycles. The van der Waals surface area contributed by atoms with Crippen LogP contribution in [0.2, 0.25) is 0 Å². The molecule has 0 aliphatic carbocycles. The van der Waals surface area contributed by atoms with E-state index in [0.29, 0.717) is 12.5 Å². The molecule has 0 fully saturated rings. The summed E-state index contributed by atoms with van der Waals surface area (Å²) >= 11 is 0. The first-order chi connectivity index (χ1) is 14.2. The molecule has 148 valence electrons. The molecule has 0 saturated heterocycles. The van der Waals surface area contributed by atoms with Gasteiger partial charge in [-0.15, -0.1) is 0 Å². The van der Waals surface area contributed by atoms with Crippen molar-refractivity contribution in [3.8, 4) is 5.75 Å². The Morgan fingerprint density at radius 1 is 0.931 bits per heavy atom. The second-order valence-corrected chi connectivity index (χ2v) is 6.79. The van der Waals surface area contributed by atoms with Crippen LogP contribution < -0.4 is 15.4 Å². The van der Waals surface area contributed by atoms with Crippen molar-refractivity contribution >= 4 is 22.9 Å². The summed E-state index contributed by atoms with van der Waals surface area (Å²) in [6.07, 6.45) is 2.67. The number of ether oxygens (including phenoxy) is 1. The lowest BCUT2D eigenvalue weighted by atomic mass is 10.1. The molecule has 4 aromatic rings. The summed E-state index contributed by atoms with van der Waals surface area (Å²) in [5.74, 6) is 2.15. The van der Waals surface area contributed by atoms with Gasteiger partial charge in [0.1, 0.15) is 5.75 Å². The van der Waals surface area contributed by atoms with Crippen LogP contribution in [-0.4, -0.2) is 33.2 Å². The fourth-order valence-electron chi connectivity index (χ4n) is 3.10. The first-order valence-corrected chi connectivity index (χ1v) is 9.56. The monoisotopic (exact) mass is 388 g/mol. The molecule has 2 heterocycles. The highest BCUT2D eigenvalue weighted by Crippen LogP contribution is 2.21. The summed E-state index contributed by atoms with van der Waals surface area (Å²) < 4.78 is 7.11. The first kappa shape index (κ1) is 18.7. The van der Waals surface area contributed by atoms with Crippen molar-refractivity contribution in [3.63, 3.8) is 0 Å². The Labute approximate surface area is 169 Å². The highest BCUT2D eigenvalue weighted by atomic mass is 16.5. The van der Waals surface area contributed by atoms with E-state index >= 15 is 0 Å². The second-order valence-electron chi connectivity index (χ2n) is 6.79. The van der Waals surface area contributed by atoms with E-state index in [9.17, 15) is 0 Å². The van der Waals surface area contributed by atoms with Crippen LogP contribution in [0.15, 0.2) is 60.9 Å². The van der Waals surface area contributed by atoms with Crippen molar-refractivity contribution in [2.24, 2.45) is 7.05 Å². The molecule has 0 aliphatic rings. The van der Waals surface area contributed by atoms with Crippen molar-refractivity contribution in [1.29, 1.82) is 0 Å². The third kappa shape index (κ3) is 4.45. The van der Waals surface area contributed by atoms with E-state index in [-0.39, 0.29) is 0 Å². The number of nitrogens with zero attached hydrogens (tertiary/aromatic N) is 4. The normalized spacial score (nSPS) is 10.8. The quantitative estimate of drug-likeness (QED) is 0.480. The Kier molecular flexibility index (Phi) is 5.56. The summed E-state index contributed by atoms with van der Waals surface area (Å²) in [7, 11) is 3.60. The summed E-state index contributed by atoms with van der Waals surface area (Å²) in [4.78, 5) is 13.7. The maximum atomic E-state index is 5.21. The molecule has 0 bridgehead atoms. The number of fused-ring (bicyclic) bond motifs is 1. The highest BCUT2D eigenvalue weighted by Gasteiger charge is 2.12. The maximum absolute atomic E-state index is 5.21. The Morgan fingerprint density at radius 3 is 2.48 bits per heavy atom. The van der Waals surface area contributed by atoms with Crippen LogP contribution in [0.25, 0.3) is 11.2 Å². The van der Waals surface area contributed by atoms with E-state index < -0.39 is 0 Å². The average molecular weight is 388 g/mol. The van der Waals surface area contributed by atoms with Gasteiger partial charge in [-0.05, 0) is 29.7 Å². The van der Waals surface area contributed by atoms with Gasteiger partial charge in [0.15, 0.2) is 17.0 Å². The van der Waals surface area contributed by atoms with Crippen molar-refractivity contribution in [2.75, 3.05) is 24.3 Å². The SMILES string of the molecule is COc1ccc(CNc2nc(NCCc3ccccc3)c3ncn(C)c3n2)cc1. The molecule has 0 spiro atoms. The minimum Gasteiger partial charge on any atom is -0.497 e. The number of hydrogen-bond donors (Lipinski definition) is 2. The second kappa shape index (κ2) is 8.60. The average Bonchev–Trinajstić information content (AvgIpc) is 3.14. The van der Waals surface area contributed by atoms with E-state index in [1.807, 2.05) is 41.9 Å². The minimum absolute atomic E-state index is 0.569. The predicted octanol–water partition coefficient (Wildman–Crippen LogP) is 3.64. The lowest BCUT2D eigenvalue weighted by Crippen LogP contribution is -2.10. The number of benzene rings is 2. The van der Waals surface area contributed by atoms with Gasteiger partial charge in [-0.1, -0.05) is 42.5 Å². The molecular formula is C22H24N6O. The minimum atomic E-state index is 0.569. The van der Waals surface area contributed by atoms with Crippen LogP contribution in [0.3, 0.4) is 0 Å². The standard InChI is InChI=1S/C22H24N6O/c1-28-15-25-19-20(23-13-12-16-6-4-3-5-7-16)26-22(27-21(19)28)24-14-17-8-10-18(29-2)11-9-17/h3-11,15H,12-14H2,1-2H3,(H2,23,24,26,27). The Bertz CT molecular complexity index is 1080. The number of hydrogen-bond acceptors (Lipinski definition) is 6. The highest BCUT2D eigenvalue weighted by molar-refractivity contribution is 5.84. The summed E-state index contributed by atoms with van der Waals surface area (Å²) in [6.45, 7) is 1.39. The van der Waals surface area contributed by atoms with Crippen LogP contribution in [-0.2, 0) is 20.0 Å². The molecule has 0 aliphatic heterocycles. The zero-order valence-corrected chi connectivity index (χ0v) is 16.6. The molecule has 7 nitrogen and oxygen atoms in total. The number of imidazole rings is 1. The van der Waals surface area contributed by atoms with Crippen molar-refractivity contribution < 1.29 is 4.74 Å². The van der Waals surface area contributed by atoms with Crippen molar-refractivity contribution in [1.82, 2.24) is 19.5 Å². The van der Waals surface area contributed by atoms with E-state index in [2.05, 4.69) is 49.9 Å². The summed E-state index contributed by atoms with van der Waals surface area (Å²) in [5.41, 5.74) is 3.97. The molecule has 7 heteroatoms. The Morgan fingerprint density at radius 2 is 1.72 bits per heavy atom. The molecule has 0 radical (unpaired) electrons. The van der Waals surface area contributed by atoms with Crippen molar-refractivity contribution in [2.45, 2.75) is 13.0 Å². The lowest BCUT2D eigenvalue weighted by Gasteiger charge is -2.10. The third-order valence-corrected chi connectivity index (χ3v) is 4.72. The lowest BCUT2D eigenvalue weighted by molar-refractivity contribution is 0.414. The number of nitrogens with one attached hydrogen (secondary N) is 2. The number of aromatic nitrogens is 4. The van der Waals surface area contributed by atoms with Gasteiger partial charge in [0.2, 0.25) is 5.95 Å². The molecule has 2 aromatic heterocycles. The smallest absolute Gasteiger partial charge is 0.227 e. The third-order valence-electron chi connectivity index (χ3n) is 4.72. The van der Waals surface area contributed by atoms with Crippen LogP contribution in [0.4, 0.5) is 11.8 Å². The topological polar surface area (TPSA) is 76.9 Å². The molecule has 29 heavy (non-hydrogen) atoms. The van der Waals surface area contributed by atoms with Gasteiger partial charge in [-0.3, -0.25) is 0 Å². The van der Waals surface area contributed by atoms with E-state index in [1.165, 1.54) is 5.56 Å². The zero-order chi connectivity index (χ0) is 20.1. The molecule has 2 aromatic carbocycles. The van der Waals surface area contributed by atoms with Gasteiger partial charge >= 0.3 is 0 Å². The fourth-order valence-corrected chi connectivity index (χ4v) is 3.10. The number of anilines is 2. The summed E-state index contributed by atoms with van der Waals surface area (Å²) in [6, 6.07) is 18.3. The molecule has 0 atom stereocenters. The van der Waals surface area contributed by atoms with E-state index in [4.69, 9.17) is 4.74 Å². The molecule has 4 rings (SSSR count). The summed E-state index contributed by atoms with van der Waals surface area (Å²) in [5, 5.41) is 6.73. The Balaban J connectivity index is 1.49. The van der Waals surface area contributed by atoms with Gasteiger partial charge in [0.05, 0.1) is 13.4 Å². The van der Waals surface area contributed by atoms with Gasteiger partial charge in [-0.25, -0.2) is 4.98 Å². The van der Waals surface area contributed by atoms with E-state index in [0.717, 1.165) is 41.3 Å². The number of aryl methyl sites for hydroxylation is 1. The van der Waals surface area contributed by atoms with Crippen LogP contribution in [0.1, 0.15) is 11.1 Å². The Hall–Kier alpha value is -3.61. The van der Waals surface area contributed by atoms with Crippen LogP contribution >= 0.6 is 0 Å². The molecular weight excluding hydrogens is 364 g/mol. The van der Waals surface area contributed by atoms with Crippen LogP contribution in [0.5, 0.6) is 5.75 Å². The predicted molar refractivity (Wildman–Crippen MR) is 115 cm³/mol. The molecule has 0 unspecified atom stereocenters. The van der Waals surface area contributed by atoms with E-state index in [1.54, 1.807) is 13.4 Å². The number of methoxy groups -OCH3 is 1. The van der Waals surface area contributed by atoms with Gasteiger partial charge < -0.3 is 19.9 Å². The zero-order valence-electron chi connectivity index (χ0n) is 16.6. The fraction of sp³-hybridized carbons (Fsp3) is 0.227. The van der Waals surface area contributed by atoms with Gasteiger partial charge in [0.25, 0.3) is 0 Å². The maximum Gasteiger partial charge on any atom is 0.227 e. The first-order valence-electron chi connectivity index (χ1n) is 9.56. The number of rotatable bonds is 8.